The van der Waals surface area contributed by atoms with Crippen molar-refractivity contribution in [2.45, 2.75) is 26.0 Å². The van der Waals surface area contributed by atoms with E-state index in [-0.39, 0.29) is 6.04 Å². The molecule has 2 rings (SSSR count). The molecule has 1 aromatic carbocycles. The minimum Gasteiger partial charge on any atom is -0.382 e. The second-order valence-electron chi connectivity index (χ2n) is 4.48. The van der Waals surface area contributed by atoms with Gasteiger partial charge in [0.15, 0.2) is 0 Å². The number of nitrogens with zero attached hydrogens (tertiary/aromatic N) is 2. The summed E-state index contributed by atoms with van der Waals surface area (Å²) < 4.78 is 3.47. The number of rotatable bonds is 3. The first-order valence-electron chi connectivity index (χ1n) is 5.77. The van der Waals surface area contributed by atoms with Crippen molar-refractivity contribution in [3.63, 3.8) is 0 Å². The Morgan fingerprint density at radius 3 is 2.63 bits per heavy atom. The Morgan fingerprint density at radius 1 is 1.32 bits per heavy atom. The number of aromatic nitrogens is 2. The molecular formula is C13H13Br2ClN2O. The van der Waals surface area contributed by atoms with Crippen LogP contribution in [0.5, 0.6) is 0 Å². The van der Waals surface area contributed by atoms with Crippen LogP contribution in [0.15, 0.2) is 33.3 Å². The molecule has 0 aliphatic rings. The highest BCUT2D eigenvalue weighted by molar-refractivity contribution is 9.11. The van der Waals surface area contributed by atoms with Gasteiger partial charge in [-0.25, -0.2) is 0 Å². The van der Waals surface area contributed by atoms with E-state index in [1.165, 1.54) is 0 Å². The zero-order chi connectivity index (χ0) is 14.2. The molecule has 6 heteroatoms. The van der Waals surface area contributed by atoms with E-state index >= 15 is 0 Å². The molecule has 2 aromatic rings. The van der Waals surface area contributed by atoms with Gasteiger partial charge in [0.05, 0.1) is 16.9 Å². The average molecular weight is 409 g/mol. The predicted octanol–water partition coefficient (Wildman–Crippen LogP) is 4.72. The summed E-state index contributed by atoms with van der Waals surface area (Å²) in [5.74, 6) is 0. The molecule has 1 unspecified atom stereocenters. The Kier molecular flexibility index (Phi) is 4.71. The Morgan fingerprint density at radius 2 is 2.00 bits per heavy atom. The van der Waals surface area contributed by atoms with Crippen LogP contribution in [-0.4, -0.2) is 14.9 Å². The first-order chi connectivity index (χ1) is 8.91. The van der Waals surface area contributed by atoms with Gasteiger partial charge in [0, 0.05) is 20.6 Å². The highest BCUT2D eigenvalue weighted by atomic mass is 79.9. The quantitative estimate of drug-likeness (QED) is 0.798. The molecule has 0 radical (unpaired) electrons. The van der Waals surface area contributed by atoms with E-state index in [1.54, 1.807) is 10.9 Å². The molecule has 19 heavy (non-hydrogen) atoms. The highest BCUT2D eigenvalue weighted by Crippen LogP contribution is 2.34. The molecule has 1 N–H and O–H groups in total. The van der Waals surface area contributed by atoms with Gasteiger partial charge in [0.1, 0.15) is 6.10 Å². The molecule has 0 spiro atoms. The minimum atomic E-state index is -0.829. The molecule has 0 amide bonds. The second-order valence-corrected chi connectivity index (χ2v) is 6.66. The van der Waals surface area contributed by atoms with Gasteiger partial charge in [-0.15, -0.1) is 0 Å². The van der Waals surface area contributed by atoms with E-state index in [1.807, 2.05) is 32.0 Å². The zero-order valence-electron chi connectivity index (χ0n) is 10.4. The maximum absolute atomic E-state index is 10.6. The third-order valence-corrected chi connectivity index (χ3v) is 4.29. The van der Waals surface area contributed by atoms with E-state index in [0.29, 0.717) is 10.7 Å². The number of halogens is 3. The highest BCUT2D eigenvalue weighted by Gasteiger charge is 2.23. The molecule has 0 aliphatic carbocycles. The Hall–Kier alpha value is -0.360. The minimum absolute atomic E-state index is 0.128. The van der Waals surface area contributed by atoms with Crippen molar-refractivity contribution in [2.75, 3.05) is 0 Å². The van der Waals surface area contributed by atoms with Crippen LogP contribution < -0.4 is 0 Å². The first kappa shape index (κ1) is 15.0. The largest absolute Gasteiger partial charge is 0.382 e. The van der Waals surface area contributed by atoms with Gasteiger partial charge in [0.2, 0.25) is 0 Å². The van der Waals surface area contributed by atoms with Crippen LogP contribution in [-0.2, 0) is 0 Å². The lowest BCUT2D eigenvalue weighted by Gasteiger charge is -2.18. The topological polar surface area (TPSA) is 38.0 Å². The fraction of sp³-hybridized carbons (Fsp3) is 0.308. The molecule has 0 aliphatic heterocycles. The van der Waals surface area contributed by atoms with Gasteiger partial charge in [-0.2, -0.15) is 5.10 Å². The monoisotopic (exact) mass is 406 g/mol. The average Bonchev–Trinajstić information content (AvgIpc) is 2.73. The van der Waals surface area contributed by atoms with Crippen LogP contribution in [0, 0.1) is 0 Å². The Labute approximate surface area is 133 Å². The molecule has 3 nitrogen and oxygen atoms in total. The number of aliphatic hydroxyl groups is 1. The van der Waals surface area contributed by atoms with E-state index < -0.39 is 6.10 Å². The van der Waals surface area contributed by atoms with Gasteiger partial charge in [-0.3, -0.25) is 4.68 Å². The summed E-state index contributed by atoms with van der Waals surface area (Å²) >= 11 is 13.0. The van der Waals surface area contributed by atoms with Crippen molar-refractivity contribution in [1.29, 1.82) is 0 Å². The maximum atomic E-state index is 10.6. The lowest BCUT2D eigenvalue weighted by atomic mass is 10.1. The first-order valence-corrected chi connectivity index (χ1v) is 7.74. The van der Waals surface area contributed by atoms with E-state index in [2.05, 4.69) is 37.0 Å². The van der Waals surface area contributed by atoms with Crippen LogP contribution in [0.1, 0.15) is 37.3 Å². The summed E-state index contributed by atoms with van der Waals surface area (Å²) in [5.41, 5.74) is 1.36. The third kappa shape index (κ3) is 3.05. The molecular weight excluding hydrogens is 395 g/mol. The summed E-state index contributed by atoms with van der Waals surface area (Å²) in [7, 11) is 0. The summed E-state index contributed by atoms with van der Waals surface area (Å²) in [5, 5.41) is 15.3. The second kappa shape index (κ2) is 5.95. The van der Waals surface area contributed by atoms with Crippen LogP contribution in [0.4, 0.5) is 0 Å². The fourth-order valence-corrected chi connectivity index (χ4v) is 2.97. The lowest BCUT2D eigenvalue weighted by Crippen LogP contribution is -2.13. The summed E-state index contributed by atoms with van der Waals surface area (Å²) in [4.78, 5) is 0. The number of benzene rings is 1. The molecule has 1 aromatic heterocycles. The number of hydrogen-bond donors (Lipinski definition) is 1. The fourth-order valence-electron chi connectivity index (χ4n) is 1.89. The normalized spacial score (nSPS) is 13.0. The molecule has 0 saturated heterocycles. The van der Waals surface area contributed by atoms with Crippen molar-refractivity contribution in [3.05, 3.63) is 49.6 Å². The molecule has 102 valence electrons. The lowest BCUT2D eigenvalue weighted by molar-refractivity contribution is 0.204. The summed E-state index contributed by atoms with van der Waals surface area (Å²) in [6.07, 6.45) is 0.732. The van der Waals surface area contributed by atoms with Gasteiger partial charge in [0.25, 0.3) is 0 Å². The van der Waals surface area contributed by atoms with Crippen LogP contribution >= 0.6 is 43.5 Å². The van der Waals surface area contributed by atoms with Gasteiger partial charge >= 0.3 is 0 Å². The summed E-state index contributed by atoms with van der Waals surface area (Å²) in [6, 6.07) is 5.78. The smallest absolute Gasteiger partial charge is 0.123 e. The van der Waals surface area contributed by atoms with Gasteiger partial charge in [-0.05, 0) is 32.0 Å². The Balaban J connectivity index is 2.52. The summed E-state index contributed by atoms with van der Waals surface area (Å²) in [6.45, 7) is 3.99. The number of aliphatic hydroxyl groups excluding tert-OH is 1. The maximum Gasteiger partial charge on any atom is 0.123 e. The molecule has 1 heterocycles. The SMILES string of the molecule is CC(C)n1ncc(Cl)c1C(O)c1cc(Br)ccc1Br. The van der Waals surface area contributed by atoms with Gasteiger partial charge in [-0.1, -0.05) is 43.5 Å². The van der Waals surface area contributed by atoms with E-state index in [4.69, 9.17) is 11.6 Å². The molecule has 1 atom stereocenters. The van der Waals surface area contributed by atoms with Crippen LogP contribution in [0.3, 0.4) is 0 Å². The predicted molar refractivity (Wildman–Crippen MR) is 83.5 cm³/mol. The van der Waals surface area contributed by atoms with Crippen molar-refractivity contribution >= 4 is 43.5 Å². The standard InChI is InChI=1S/C13H13Br2ClN2O/c1-7(2)18-12(11(16)6-17-18)13(19)9-5-8(14)3-4-10(9)15/h3-7,13,19H,1-2H3. The van der Waals surface area contributed by atoms with Crippen molar-refractivity contribution < 1.29 is 5.11 Å². The van der Waals surface area contributed by atoms with Crippen molar-refractivity contribution in [2.24, 2.45) is 0 Å². The molecule has 0 bridgehead atoms. The zero-order valence-corrected chi connectivity index (χ0v) is 14.4. The molecule has 0 saturated carbocycles. The van der Waals surface area contributed by atoms with Crippen molar-refractivity contribution in [1.82, 2.24) is 9.78 Å². The molecule has 0 fully saturated rings. The van der Waals surface area contributed by atoms with E-state index in [9.17, 15) is 5.11 Å². The van der Waals surface area contributed by atoms with Crippen molar-refractivity contribution in [3.8, 4) is 0 Å². The number of hydrogen-bond acceptors (Lipinski definition) is 2. The van der Waals surface area contributed by atoms with Gasteiger partial charge < -0.3 is 5.11 Å². The Bertz CT molecular complexity index is 598. The van der Waals surface area contributed by atoms with Crippen LogP contribution in [0.25, 0.3) is 0 Å². The van der Waals surface area contributed by atoms with E-state index in [0.717, 1.165) is 14.5 Å². The van der Waals surface area contributed by atoms with Crippen LogP contribution in [0.2, 0.25) is 5.02 Å². The third-order valence-electron chi connectivity index (χ3n) is 2.79.